The summed E-state index contributed by atoms with van der Waals surface area (Å²) >= 11 is 0. The van der Waals surface area contributed by atoms with E-state index in [9.17, 15) is 19.2 Å². The minimum absolute atomic E-state index is 0.0465. The summed E-state index contributed by atoms with van der Waals surface area (Å²) in [6.45, 7) is 13.2. The summed E-state index contributed by atoms with van der Waals surface area (Å²) in [5, 5.41) is 22.9. The highest BCUT2D eigenvalue weighted by molar-refractivity contribution is 5.77. The molecule has 0 rings (SSSR count). The minimum Gasteiger partial charge on any atom is -0.481 e. The van der Waals surface area contributed by atoms with Crippen molar-refractivity contribution < 1.29 is 38.9 Å². The van der Waals surface area contributed by atoms with Gasteiger partial charge in [0.1, 0.15) is 12.4 Å². The van der Waals surface area contributed by atoms with E-state index in [1.165, 1.54) is 13.8 Å². The Morgan fingerprint density at radius 1 is 0.882 bits per heavy atom. The Bertz CT molecular complexity index is 545. The van der Waals surface area contributed by atoms with Crippen LogP contribution >= 0.6 is 0 Å². The molecule has 2 atom stereocenters. The molecule has 0 radical (unpaired) electrons. The Labute approximate surface area is 204 Å². The predicted molar refractivity (Wildman–Crippen MR) is 132 cm³/mol. The molecule has 2 unspecified atom stereocenters. The Morgan fingerprint density at radius 2 is 1.47 bits per heavy atom. The smallest absolute Gasteiger partial charge is 0.306 e. The molecule has 0 bridgehead atoms. The topological polar surface area (TPSA) is 151 Å². The number of likely N-dealkylation sites (N-methyl/N-ethyl adjacent to an activating group) is 2. The van der Waals surface area contributed by atoms with Gasteiger partial charge < -0.3 is 35.1 Å². The third kappa shape index (κ3) is 29.9. The number of aliphatic carboxylic acids is 2. The number of carboxylic acid groups (broad SMARTS) is 2. The first-order valence-electron chi connectivity index (χ1n) is 11.5. The van der Waals surface area contributed by atoms with Crippen LogP contribution in [-0.4, -0.2) is 86.8 Å². The standard InChI is InChI=1S/C8H17NO3.C8H15NO2.C8H14O3/c1-8(10)7-12-6-5-11-4-3-9-2;1-6(2)7(9-3)4-5-8(10)11;1-3-7(8(10)11)5-4-6(2)9/h9H,3-7H2,1-2H3;7,9H,1,4-5H2,2-3H3,(H,10,11);7H,3-5H2,1-2H3,(H,10,11). The summed E-state index contributed by atoms with van der Waals surface area (Å²) in [6.07, 6.45) is 2.26. The summed E-state index contributed by atoms with van der Waals surface area (Å²) in [4.78, 5) is 41.5. The maximum Gasteiger partial charge on any atom is 0.306 e. The lowest BCUT2D eigenvalue weighted by atomic mass is 10.00. The van der Waals surface area contributed by atoms with Crippen molar-refractivity contribution in [2.45, 2.75) is 65.8 Å². The first-order chi connectivity index (χ1) is 15.9. The van der Waals surface area contributed by atoms with Crippen LogP contribution in [0.25, 0.3) is 0 Å². The number of carboxylic acids is 2. The van der Waals surface area contributed by atoms with Gasteiger partial charge in [0.15, 0.2) is 5.78 Å². The summed E-state index contributed by atoms with van der Waals surface area (Å²) in [7, 11) is 3.68. The van der Waals surface area contributed by atoms with E-state index in [1.54, 1.807) is 7.05 Å². The van der Waals surface area contributed by atoms with Crippen LogP contribution in [0.5, 0.6) is 0 Å². The van der Waals surface area contributed by atoms with Crippen molar-refractivity contribution in [2.24, 2.45) is 5.92 Å². The molecule has 0 amide bonds. The van der Waals surface area contributed by atoms with Gasteiger partial charge in [-0.25, -0.2) is 0 Å². The molecule has 0 aliphatic carbocycles. The molecule has 0 aromatic rings. The molecule has 0 heterocycles. The normalized spacial score (nSPS) is 11.7. The number of Topliss-reactive ketones (excluding diaryl/α,β-unsaturated/α-hetero) is 2. The molecule has 10 nitrogen and oxygen atoms in total. The zero-order valence-electron chi connectivity index (χ0n) is 21.8. The molecule has 0 spiro atoms. The van der Waals surface area contributed by atoms with Crippen molar-refractivity contribution in [1.29, 1.82) is 0 Å². The van der Waals surface area contributed by atoms with Crippen molar-refractivity contribution in [2.75, 3.05) is 47.1 Å². The number of hydrogen-bond acceptors (Lipinski definition) is 8. The van der Waals surface area contributed by atoms with E-state index in [2.05, 4.69) is 17.2 Å². The minimum atomic E-state index is -0.797. The van der Waals surface area contributed by atoms with Crippen LogP contribution in [0.1, 0.15) is 59.8 Å². The number of ether oxygens (including phenoxy) is 2. The molecule has 4 N–H and O–H groups in total. The van der Waals surface area contributed by atoms with E-state index in [4.69, 9.17) is 19.7 Å². The zero-order chi connectivity index (χ0) is 26.9. The fourth-order valence-electron chi connectivity index (χ4n) is 2.39. The summed E-state index contributed by atoms with van der Waals surface area (Å²) in [6, 6.07) is 0.131. The highest BCUT2D eigenvalue weighted by atomic mass is 16.5. The monoisotopic (exact) mass is 490 g/mol. The molecule has 0 aliphatic heterocycles. The third-order valence-corrected chi connectivity index (χ3v) is 4.45. The maximum absolute atomic E-state index is 10.5. The van der Waals surface area contributed by atoms with E-state index in [0.29, 0.717) is 45.5 Å². The highest BCUT2D eigenvalue weighted by Crippen LogP contribution is 2.10. The number of carbonyl (C=O) groups is 4. The van der Waals surface area contributed by atoms with Gasteiger partial charge >= 0.3 is 11.9 Å². The molecule has 0 aromatic heterocycles. The van der Waals surface area contributed by atoms with Gasteiger partial charge in [-0.1, -0.05) is 19.1 Å². The molecule has 200 valence electrons. The van der Waals surface area contributed by atoms with Gasteiger partial charge in [-0.2, -0.15) is 0 Å². The number of hydrogen-bond donors (Lipinski definition) is 4. The van der Waals surface area contributed by atoms with Gasteiger partial charge in [-0.15, -0.1) is 0 Å². The molecule has 0 saturated carbocycles. The van der Waals surface area contributed by atoms with Gasteiger partial charge in [-0.05, 0) is 54.1 Å². The Kier molecular flexibility index (Phi) is 27.3. The molecular weight excluding hydrogens is 444 g/mol. The Hall–Kier alpha value is -2.14. The van der Waals surface area contributed by atoms with Crippen molar-refractivity contribution in [3.05, 3.63) is 12.2 Å². The zero-order valence-corrected chi connectivity index (χ0v) is 21.8. The lowest BCUT2D eigenvalue weighted by Gasteiger charge is -2.13. The molecule has 34 heavy (non-hydrogen) atoms. The van der Waals surface area contributed by atoms with Crippen LogP contribution in [0.2, 0.25) is 0 Å². The van der Waals surface area contributed by atoms with E-state index in [1.807, 2.05) is 20.9 Å². The lowest BCUT2D eigenvalue weighted by Crippen LogP contribution is -2.26. The number of carbonyl (C=O) groups excluding carboxylic acids is 2. The van der Waals surface area contributed by atoms with Crippen molar-refractivity contribution in [1.82, 2.24) is 10.6 Å². The largest absolute Gasteiger partial charge is 0.481 e. The van der Waals surface area contributed by atoms with Crippen molar-refractivity contribution >= 4 is 23.5 Å². The Morgan fingerprint density at radius 3 is 1.85 bits per heavy atom. The van der Waals surface area contributed by atoms with Gasteiger partial charge in [0.25, 0.3) is 0 Å². The lowest BCUT2D eigenvalue weighted by molar-refractivity contribution is -0.142. The van der Waals surface area contributed by atoms with E-state index >= 15 is 0 Å². The summed E-state index contributed by atoms with van der Waals surface area (Å²) in [5.41, 5.74) is 0.980. The van der Waals surface area contributed by atoms with Crippen LogP contribution in [0.15, 0.2) is 12.2 Å². The van der Waals surface area contributed by atoms with E-state index in [0.717, 1.165) is 12.1 Å². The van der Waals surface area contributed by atoms with Crippen LogP contribution in [-0.2, 0) is 28.7 Å². The summed E-state index contributed by atoms with van der Waals surface area (Å²) < 4.78 is 10.1. The second-order valence-corrected chi connectivity index (χ2v) is 7.77. The fourth-order valence-corrected chi connectivity index (χ4v) is 2.39. The second kappa shape index (κ2) is 25.5. The van der Waals surface area contributed by atoms with Gasteiger partial charge in [0.2, 0.25) is 0 Å². The van der Waals surface area contributed by atoms with Crippen molar-refractivity contribution in [3.8, 4) is 0 Å². The maximum atomic E-state index is 10.5. The second-order valence-electron chi connectivity index (χ2n) is 7.77. The van der Waals surface area contributed by atoms with E-state index in [-0.39, 0.29) is 36.6 Å². The number of rotatable bonds is 18. The quantitative estimate of drug-likeness (QED) is 0.166. The van der Waals surface area contributed by atoms with Crippen LogP contribution in [0, 0.1) is 5.92 Å². The van der Waals surface area contributed by atoms with Gasteiger partial charge in [0, 0.05) is 25.4 Å². The highest BCUT2D eigenvalue weighted by Gasteiger charge is 2.14. The molecule has 0 fully saturated rings. The molecule has 0 aliphatic rings. The first-order valence-corrected chi connectivity index (χ1v) is 11.5. The van der Waals surface area contributed by atoms with Crippen LogP contribution in [0.4, 0.5) is 0 Å². The van der Waals surface area contributed by atoms with Crippen LogP contribution in [0.3, 0.4) is 0 Å². The van der Waals surface area contributed by atoms with Crippen LogP contribution < -0.4 is 10.6 Å². The molecule has 10 heteroatoms. The molecule has 0 saturated heterocycles. The Balaban J connectivity index is -0.000000425. The third-order valence-electron chi connectivity index (χ3n) is 4.45. The van der Waals surface area contributed by atoms with Gasteiger partial charge in [0.05, 0.1) is 25.7 Å². The molecule has 0 aromatic carbocycles. The summed E-state index contributed by atoms with van der Waals surface area (Å²) in [5.74, 6) is -1.80. The average molecular weight is 491 g/mol. The SMILES string of the molecule is C=C(C)C(CCC(=O)O)NC.CCC(CCC(C)=O)C(=O)O.CNCCOCCOCC(C)=O. The first kappa shape index (κ1) is 36.4. The van der Waals surface area contributed by atoms with Crippen molar-refractivity contribution in [3.63, 3.8) is 0 Å². The fraction of sp³-hybridized carbons (Fsp3) is 0.750. The average Bonchev–Trinajstić information content (AvgIpc) is 2.74. The van der Waals surface area contributed by atoms with Gasteiger partial charge in [-0.3, -0.25) is 14.4 Å². The predicted octanol–water partition coefficient (Wildman–Crippen LogP) is 2.31. The molecular formula is C24H46N2O8. The number of ketones is 2. The van der Waals surface area contributed by atoms with E-state index < -0.39 is 11.9 Å². The number of nitrogens with one attached hydrogen (secondary N) is 2.